The van der Waals surface area contributed by atoms with Crippen molar-refractivity contribution in [2.75, 3.05) is 7.05 Å². The minimum Gasteiger partial charge on any atom is -0.505 e. The second-order valence-corrected chi connectivity index (χ2v) is 8.72. The fourth-order valence-electron chi connectivity index (χ4n) is 2.82. The fraction of sp³-hybridized carbons (Fsp3) is 0.286. The molecule has 0 aliphatic heterocycles. The number of aromatic amines is 1. The number of benzene rings is 2. The molecule has 0 spiro atoms. The lowest BCUT2D eigenvalue weighted by atomic mass is 9.87. The van der Waals surface area contributed by atoms with Crippen LogP contribution in [0.2, 0.25) is 10.0 Å². The zero-order valence-corrected chi connectivity index (χ0v) is 18.1. The van der Waals surface area contributed by atoms with Crippen molar-refractivity contribution in [3.8, 4) is 17.1 Å². The molecular weight excluding hydrogens is 411 g/mol. The van der Waals surface area contributed by atoms with E-state index in [1.165, 1.54) is 17.7 Å². The number of hydrogen-bond donors (Lipinski definition) is 2. The van der Waals surface area contributed by atoms with Crippen molar-refractivity contribution >= 4 is 29.1 Å². The molecule has 8 heteroatoms. The monoisotopic (exact) mass is 432 g/mol. The molecule has 0 bridgehead atoms. The Morgan fingerprint density at radius 2 is 1.72 bits per heavy atom. The Morgan fingerprint density at radius 3 is 2.28 bits per heavy atom. The zero-order chi connectivity index (χ0) is 21.3. The summed E-state index contributed by atoms with van der Waals surface area (Å²) in [6.07, 6.45) is 0. The Balaban J connectivity index is 1.74. The van der Waals surface area contributed by atoms with Crippen molar-refractivity contribution in [1.29, 1.82) is 0 Å². The number of carbonyl (C=O) groups excluding carboxylic acids is 1. The molecule has 0 aliphatic rings. The van der Waals surface area contributed by atoms with Crippen LogP contribution in [0.25, 0.3) is 11.4 Å². The SMILES string of the molecule is CN(Cc1ccc(C(C)(C)C)cc1)C(=O)c1nc(-c2cc(Cl)c(O)c(Cl)c2)n[nH]1. The lowest BCUT2D eigenvalue weighted by Gasteiger charge is -2.20. The largest absolute Gasteiger partial charge is 0.505 e. The number of halogens is 2. The van der Waals surface area contributed by atoms with Gasteiger partial charge < -0.3 is 10.0 Å². The Hall–Kier alpha value is -2.57. The number of phenols is 1. The molecule has 0 atom stereocenters. The van der Waals surface area contributed by atoms with E-state index in [2.05, 4.69) is 48.1 Å². The van der Waals surface area contributed by atoms with E-state index in [4.69, 9.17) is 23.2 Å². The molecule has 0 unspecified atom stereocenters. The second-order valence-electron chi connectivity index (χ2n) is 7.90. The van der Waals surface area contributed by atoms with Gasteiger partial charge in [0.25, 0.3) is 5.91 Å². The standard InChI is InChI=1S/C21H22Cl2N4O2/c1-21(2,3)14-7-5-12(6-8-14)11-27(4)20(29)19-24-18(25-26-19)13-9-15(22)17(28)16(23)10-13/h5-10,28H,11H2,1-4H3,(H,24,25,26). The van der Waals surface area contributed by atoms with Gasteiger partial charge in [-0.25, -0.2) is 4.98 Å². The lowest BCUT2D eigenvalue weighted by molar-refractivity contribution is 0.0773. The molecule has 1 heterocycles. The molecule has 29 heavy (non-hydrogen) atoms. The van der Waals surface area contributed by atoms with Gasteiger partial charge in [0.1, 0.15) is 0 Å². The fourth-order valence-corrected chi connectivity index (χ4v) is 3.30. The molecule has 0 saturated carbocycles. The van der Waals surface area contributed by atoms with E-state index in [-0.39, 0.29) is 38.8 Å². The van der Waals surface area contributed by atoms with Crippen LogP contribution in [0.1, 0.15) is 42.5 Å². The van der Waals surface area contributed by atoms with Crippen LogP contribution in [0.4, 0.5) is 0 Å². The smallest absolute Gasteiger partial charge is 0.291 e. The summed E-state index contributed by atoms with van der Waals surface area (Å²) in [6.45, 7) is 6.92. The maximum atomic E-state index is 12.7. The van der Waals surface area contributed by atoms with Crippen molar-refractivity contribution in [2.45, 2.75) is 32.7 Å². The van der Waals surface area contributed by atoms with Crippen molar-refractivity contribution in [2.24, 2.45) is 0 Å². The first kappa shape index (κ1) is 21.1. The predicted octanol–water partition coefficient (Wildman–Crippen LogP) is 5.05. The van der Waals surface area contributed by atoms with E-state index in [0.29, 0.717) is 12.1 Å². The highest BCUT2D eigenvalue weighted by molar-refractivity contribution is 6.37. The highest BCUT2D eigenvalue weighted by atomic mass is 35.5. The third kappa shape index (κ3) is 4.71. The molecule has 3 rings (SSSR count). The maximum Gasteiger partial charge on any atom is 0.291 e. The van der Waals surface area contributed by atoms with Crippen LogP contribution in [0.15, 0.2) is 36.4 Å². The van der Waals surface area contributed by atoms with Crippen molar-refractivity contribution in [1.82, 2.24) is 20.1 Å². The maximum absolute atomic E-state index is 12.7. The van der Waals surface area contributed by atoms with Crippen LogP contribution in [-0.4, -0.2) is 38.1 Å². The number of aromatic hydroxyl groups is 1. The summed E-state index contributed by atoms with van der Waals surface area (Å²) in [5.41, 5.74) is 2.83. The van der Waals surface area contributed by atoms with Crippen molar-refractivity contribution in [3.05, 3.63) is 63.4 Å². The number of phenolic OH excluding ortho intramolecular Hbond substituents is 1. The van der Waals surface area contributed by atoms with Gasteiger partial charge in [0.15, 0.2) is 11.6 Å². The number of nitrogens with zero attached hydrogens (tertiary/aromatic N) is 3. The number of carbonyl (C=O) groups is 1. The average molecular weight is 433 g/mol. The van der Waals surface area contributed by atoms with Crippen LogP contribution in [0.3, 0.4) is 0 Å². The zero-order valence-electron chi connectivity index (χ0n) is 16.6. The summed E-state index contributed by atoms with van der Waals surface area (Å²) in [6, 6.07) is 11.2. The Labute approximate surface area is 179 Å². The van der Waals surface area contributed by atoms with Crippen LogP contribution in [0, 0.1) is 0 Å². The number of hydrogen-bond acceptors (Lipinski definition) is 4. The Kier molecular flexibility index (Phi) is 5.87. The van der Waals surface area contributed by atoms with Gasteiger partial charge in [-0.1, -0.05) is 68.2 Å². The average Bonchev–Trinajstić information content (AvgIpc) is 3.15. The van der Waals surface area contributed by atoms with Crippen LogP contribution in [-0.2, 0) is 12.0 Å². The third-order valence-electron chi connectivity index (χ3n) is 4.55. The van der Waals surface area contributed by atoms with Crippen LogP contribution >= 0.6 is 23.2 Å². The number of aromatic nitrogens is 3. The number of nitrogens with one attached hydrogen (secondary N) is 1. The molecule has 6 nitrogen and oxygen atoms in total. The molecule has 1 amide bonds. The topological polar surface area (TPSA) is 82.1 Å². The molecule has 3 aromatic rings. The molecule has 0 fully saturated rings. The van der Waals surface area contributed by atoms with Gasteiger partial charge in [0.05, 0.1) is 10.0 Å². The van der Waals surface area contributed by atoms with E-state index in [9.17, 15) is 9.90 Å². The van der Waals surface area contributed by atoms with Gasteiger partial charge in [-0.2, -0.15) is 5.10 Å². The Bertz CT molecular complexity index is 1020. The molecule has 1 aromatic heterocycles. The molecule has 0 radical (unpaired) electrons. The predicted molar refractivity (Wildman–Crippen MR) is 114 cm³/mol. The minimum absolute atomic E-state index is 0.0799. The number of H-pyrrole nitrogens is 1. The van der Waals surface area contributed by atoms with E-state index >= 15 is 0 Å². The second kappa shape index (κ2) is 8.05. The molecule has 2 aromatic carbocycles. The summed E-state index contributed by atoms with van der Waals surface area (Å²) >= 11 is 11.9. The summed E-state index contributed by atoms with van der Waals surface area (Å²) in [4.78, 5) is 18.5. The molecule has 0 saturated heterocycles. The van der Waals surface area contributed by atoms with Gasteiger partial charge in [-0.3, -0.25) is 9.89 Å². The quantitative estimate of drug-likeness (QED) is 0.603. The third-order valence-corrected chi connectivity index (χ3v) is 5.13. The highest BCUT2D eigenvalue weighted by Crippen LogP contribution is 2.35. The van der Waals surface area contributed by atoms with Gasteiger partial charge in [-0.05, 0) is 28.7 Å². The summed E-state index contributed by atoms with van der Waals surface area (Å²) in [5.74, 6) is -0.130. The summed E-state index contributed by atoms with van der Waals surface area (Å²) in [5, 5.41) is 16.6. The first-order valence-electron chi connectivity index (χ1n) is 9.02. The summed E-state index contributed by atoms with van der Waals surface area (Å²) in [7, 11) is 1.70. The van der Waals surface area contributed by atoms with E-state index < -0.39 is 0 Å². The number of amides is 1. The molecule has 152 valence electrons. The van der Waals surface area contributed by atoms with E-state index in [0.717, 1.165) is 5.56 Å². The normalized spacial score (nSPS) is 11.5. The lowest BCUT2D eigenvalue weighted by Crippen LogP contribution is -2.27. The minimum atomic E-state index is -0.292. The van der Waals surface area contributed by atoms with Crippen molar-refractivity contribution < 1.29 is 9.90 Å². The molecular formula is C21H22Cl2N4O2. The first-order valence-corrected chi connectivity index (χ1v) is 9.77. The van der Waals surface area contributed by atoms with E-state index in [1.807, 2.05) is 12.1 Å². The van der Waals surface area contributed by atoms with Gasteiger partial charge in [0, 0.05) is 19.2 Å². The van der Waals surface area contributed by atoms with Crippen LogP contribution < -0.4 is 0 Å². The van der Waals surface area contributed by atoms with E-state index in [1.54, 1.807) is 11.9 Å². The van der Waals surface area contributed by atoms with Gasteiger partial charge in [-0.15, -0.1) is 0 Å². The summed E-state index contributed by atoms with van der Waals surface area (Å²) < 4.78 is 0. The van der Waals surface area contributed by atoms with Gasteiger partial charge in [0.2, 0.25) is 5.82 Å². The number of rotatable bonds is 4. The first-order chi connectivity index (χ1) is 13.6. The Morgan fingerprint density at radius 1 is 1.14 bits per heavy atom. The van der Waals surface area contributed by atoms with Gasteiger partial charge >= 0.3 is 0 Å². The van der Waals surface area contributed by atoms with Crippen LogP contribution in [0.5, 0.6) is 5.75 Å². The molecule has 2 N–H and O–H groups in total. The highest BCUT2D eigenvalue weighted by Gasteiger charge is 2.19. The van der Waals surface area contributed by atoms with Crippen molar-refractivity contribution in [3.63, 3.8) is 0 Å². The molecule has 0 aliphatic carbocycles.